The van der Waals surface area contributed by atoms with Gasteiger partial charge in [-0.3, -0.25) is 4.79 Å². The van der Waals surface area contributed by atoms with Crippen molar-refractivity contribution in [2.75, 3.05) is 0 Å². The number of hydrogen-bond acceptors (Lipinski definition) is 1. The highest BCUT2D eigenvalue weighted by molar-refractivity contribution is 5.94. The molecule has 0 radical (unpaired) electrons. The number of rotatable bonds is 3. The van der Waals surface area contributed by atoms with Crippen LogP contribution in [0, 0.1) is 11.6 Å². The molecule has 92 valence electrons. The zero-order valence-electron chi connectivity index (χ0n) is 9.49. The van der Waals surface area contributed by atoms with E-state index in [0.717, 1.165) is 17.7 Å². The van der Waals surface area contributed by atoms with E-state index < -0.39 is 23.1 Å². The molecule has 2 aromatic rings. The molecule has 0 aromatic heterocycles. The largest absolute Gasteiger partial charge is 0.348 e. The first-order chi connectivity index (χ1) is 8.68. The number of carbonyl (C=O) groups excluding carboxylic acids is 1. The van der Waals surface area contributed by atoms with Gasteiger partial charge in [0.15, 0.2) is 0 Å². The maximum atomic E-state index is 13.3. The van der Waals surface area contributed by atoms with Crippen LogP contribution in [0.25, 0.3) is 0 Å². The average Bonchev–Trinajstić information content (AvgIpc) is 2.37. The van der Waals surface area contributed by atoms with E-state index in [2.05, 4.69) is 5.32 Å². The van der Waals surface area contributed by atoms with E-state index in [1.807, 2.05) is 30.3 Å². The third-order valence-electron chi connectivity index (χ3n) is 2.49. The molecular formula is C14H11F2NO. The molecule has 0 saturated heterocycles. The van der Waals surface area contributed by atoms with Crippen LogP contribution in [0.5, 0.6) is 0 Å². The molecule has 0 fully saturated rings. The summed E-state index contributed by atoms with van der Waals surface area (Å²) in [6, 6.07) is 12.5. The fourth-order valence-corrected chi connectivity index (χ4v) is 1.58. The smallest absolute Gasteiger partial charge is 0.257 e. The van der Waals surface area contributed by atoms with E-state index in [1.165, 1.54) is 6.07 Å². The number of halogens is 2. The first-order valence-electron chi connectivity index (χ1n) is 5.44. The molecule has 0 unspecified atom stereocenters. The Morgan fingerprint density at radius 1 is 0.944 bits per heavy atom. The van der Waals surface area contributed by atoms with Gasteiger partial charge in [0.2, 0.25) is 0 Å². The van der Waals surface area contributed by atoms with Gasteiger partial charge in [-0.05, 0) is 17.7 Å². The lowest BCUT2D eigenvalue weighted by Crippen LogP contribution is -2.25. The molecule has 0 aliphatic rings. The van der Waals surface area contributed by atoms with E-state index in [-0.39, 0.29) is 6.54 Å². The minimum atomic E-state index is -0.861. The summed E-state index contributed by atoms with van der Waals surface area (Å²) in [7, 11) is 0. The highest BCUT2D eigenvalue weighted by Crippen LogP contribution is 2.12. The Morgan fingerprint density at radius 2 is 1.56 bits per heavy atom. The van der Waals surface area contributed by atoms with Crippen LogP contribution in [0.15, 0.2) is 48.5 Å². The maximum absolute atomic E-state index is 13.3. The standard InChI is InChI=1S/C14H11F2NO/c15-11-7-4-8-12(16)13(11)14(18)17-9-10-5-2-1-3-6-10/h1-8H,9H2,(H,17,18). The highest BCUT2D eigenvalue weighted by Gasteiger charge is 2.16. The molecule has 1 N–H and O–H groups in total. The fourth-order valence-electron chi connectivity index (χ4n) is 1.58. The molecule has 2 aromatic carbocycles. The highest BCUT2D eigenvalue weighted by atomic mass is 19.1. The molecular weight excluding hydrogens is 236 g/mol. The Balaban J connectivity index is 2.09. The minimum absolute atomic E-state index is 0.230. The zero-order valence-corrected chi connectivity index (χ0v) is 9.49. The summed E-state index contributed by atoms with van der Waals surface area (Å²) in [5, 5.41) is 2.48. The van der Waals surface area contributed by atoms with Crippen molar-refractivity contribution in [3.8, 4) is 0 Å². The third kappa shape index (κ3) is 2.71. The second-order valence-electron chi connectivity index (χ2n) is 3.76. The fraction of sp³-hybridized carbons (Fsp3) is 0.0714. The maximum Gasteiger partial charge on any atom is 0.257 e. The molecule has 0 spiro atoms. The van der Waals surface area contributed by atoms with Crippen LogP contribution in [-0.4, -0.2) is 5.91 Å². The molecule has 1 amide bonds. The lowest BCUT2D eigenvalue weighted by atomic mass is 10.1. The summed E-state index contributed by atoms with van der Waals surface area (Å²) in [4.78, 5) is 11.7. The van der Waals surface area contributed by atoms with Gasteiger partial charge in [0.25, 0.3) is 5.91 Å². The summed E-state index contributed by atoms with van der Waals surface area (Å²) in [5.74, 6) is -2.48. The van der Waals surface area contributed by atoms with Crippen LogP contribution in [0.3, 0.4) is 0 Å². The summed E-state index contributed by atoms with van der Waals surface area (Å²) >= 11 is 0. The minimum Gasteiger partial charge on any atom is -0.348 e. The topological polar surface area (TPSA) is 29.1 Å². The number of nitrogens with one attached hydrogen (secondary N) is 1. The van der Waals surface area contributed by atoms with Gasteiger partial charge in [-0.25, -0.2) is 8.78 Å². The van der Waals surface area contributed by atoms with Crippen LogP contribution in [0.2, 0.25) is 0 Å². The molecule has 0 heterocycles. The molecule has 2 nitrogen and oxygen atoms in total. The number of benzene rings is 2. The number of carbonyl (C=O) groups is 1. The SMILES string of the molecule is O=C(NCc1ccccc1)c1c(F)cccc1F. The molecule has 18 heavy (non-hydrogen) atoms. The Kier molecular flexibility index (Phi) is 3.67. The lowest BCUT2D eigenvalue weighted by molar-refractivity contribution is 0.0942. The second kappa shape index (κ2) is 5.40. The molecule has 0 atom stereocenters. The molecule has 2 rings (SSSR count). The number of hydrogen-bond donors (Lipinski definition) is 1. The van der Waals surface area contributed by atoms with Gasteiger partial charge < -0.3 is 5.32 Å². The van der Waals surface area contributed by atoms with Gasteiger partial charge in [0, 0.05) is 6.54 Å². The van der Waals surface area contributed by atoms with E-state index in [0.29, 0.717) is 0 Å². The van der Waals surface area contributed by atoms with E-state index in [9.17, 15) is 13.6 Å². The van der Waals surface area contributed by atoms with Crippen molar-refractivity contribution >= 4 is 5.91 Å². The van der Waals surface area contributed by atoms with E-state index >= 15 is 0 Å². The summed E-state index contributed by atoms with van der Waals surface area (Å²) in [6.45, 7) is 0.230. The molecule has 0 aliphatic heterocycles. The molecule has 0 saturated carbocycles. The molecule has 0 bridgehead atoms. The van der Waals surface area contributed by atoms with Crippen molar-refractivity contribution in [1.82, 2.24) is 5.32 Å². The Hall–Kier alpha value is -2.23. The third-order valence-corrected chi connectivity index (χ3v) is 2.49. The summed E-state index contributed by atoms with van der Waals surface area (Å²) < 4.78 is 26.7. The average molecular weight is 247 g/mol. The van der Waals surface area contributed by atoms with Crippen molar-refractivity contribution in [1.29, 1.82) is 0 Å². The number of amides is 1. The zero-order chi connectivity index (χ0) is 13.0. The predicted octanol–water partition coefficient (Wildman–Crippen LogP) is 2.89. The van der Waals surface area contributed by atoms with Gasteiger partial charge in [-0.2, -0.15) is 0 Å². The molecule has 0 aliphatic carbocycles. The van der Waals surface area contributed by atoms with Crippen LogP contribution in [0.4, 0.5) is 8.78 Å². The van der Waals surface area contributed by atoms with Crippen LogP contribution < -0.4 is 5.32 Å². The van der Waals surface area contributed by atoms with E-state index in [4.69, 9.17) is 0 Å². The first-order valence-corrected chi connectivity index (χ1v) is 5.44. The van der Waals surface area contributed by atoms with Crippen LogP contribution in [0.1, 0.15) is 15.9 Å². The lowest BCUT2D eigenvalue weighted by Gasteiger charge is -2.07. The van der Waals surface area contributed by atoms with Crippen LogP contribution in [-0.2, 0) is 6.54 Å². The van der Waals surface area contributed by atoms with Gasteiger partial charge in [0.05, 0.1) is 0 Å². The summed E-state index contributed by atoms with van der Waals surface area (Å²) in [5.41, 5.74) is 0.316. The van der Waals surface area contributed by atoms with Gasteiger partial charge >= 0.3 is 0 Å². The summed E-state index contributed by atoms with van der Waals surface area (Å²) in [6.07, 6.45) is 0. The monoisotopic (exact) mass is 247 g/mol. The Morgan fingerprint density at radius 3 is 2.17 bits per heavy atom. The van der Waals surface area contributed by atoms with Crippen molar-refractivity contribution in [2.45, 2.75) is 6.54 Å². The Bertz CT molecular complexity index is 535. The Labute approximate surface area is 103 Å². The molecule has 4 heteroatoms. The van der Waals surface area contributed by atoms with E-state index in [1.54, 1.807) is 0 Å². The quantitative estimate of drug-likeness (QED) is 0.887. The second-order valence-corrected chi connectivity index (χ2v) is 3.76. The normalized spacial score (nSPS) is 10.1. The van der Waals surface area contributed by atoms with Crippen molar-refractivity contribution in [3.63, 3.8) is 0 Å². The van der Waals surface area contributed by atoms with Gasteiger partial charge in [-0.15, -0.1) is 0 Å². The predicted molar refractivity (Wildman–Crippen MR) is 64.0 cm³/mol. The van der Waals surface area contributed by atoms with Crippen molar-refractivity contribution in [2.24, 2.45) is 0 Å². The van der Waals surface area contributed by atoms with Gasteiger partial charge in [0.1, 0.15) is 17.2 Å². The van der Waals surface area contributed by atoms with Gasteiger partial charge in [-0.1, -0.05) is 36.4 Å². The van der Waals surface area contributed by atoms with Crippen molar-refractivity contribution in [3.05, 3.63) is 71.3 Å². The first kappa shape index (κ1) is 12.2. The van der Waals surface area contributed by atoms with Crippen LogP contribution >= 0.6 is 0 Å². The van der Waals surface area contributed by atoms with Crippen molar-refractivity contribution < 1.29 is 13.6 Å².